The van der Waals surface area contributed by atoms with E-state index < -0.39 is 0 Å². The van der Waals surface area contributed by atoms with Gasteiger partial charge in [-0.1, -0.05) is 54.6 Å². The van der Waals surface area contributed by atoms with Crippen LogP contribution in [0.4, 0.5) is 0 Å². The van der Waals surface area contributed by atoms with E-state index in [1.807, 2.05) is 42.5 Å². The molecule has 18 heavy (non-hydrogen) atoms. The Morgan fingerprint density at radius 3 is 2.17 bits per heavy atom. The number of aliphatic hydroxyl groups excluding tert-OH is 1. The molecule has 0 amide bonds. The van der Waals surface area contributed by atoms with Gasteiger partial charge >= 0.3 is 0 Å². The molecule has 0 atom stereocenters. The lowest BCUT2D eigenvalue weighted by molar-refractivity contribution is 0.281. The van der Waals surface area contributed by atoms with Crippen LogP contribution < -0.4 is 0 Å². The smallest absolute Gasteiger partial charge is 0.234 e. The second kappa shape index (κ2) is 7.11. The zero-order valence-electron chi connectivity index (χ0n) is 10.2. The van der Waals surface area contributed by atoms with Crippen LogP contribution in [0.2, 0.25) is 0 Å². The van der Waals surface area contributed by atoms with Gasteiger partial charge in [0.1, 0.15) is 0 Å². The second-order valence-corrected chi connectivity index (χ2v) is 5.00. The minimum Gasteiger partial charge on any atom is -0.413 e. The molecule has 0 bridgehead atoms. The van der Waals surface area contributed by atoms with E-state index in [4.69, 9.17) is 9.53 Å². The molecule has 0 fully saturated rings. The largest absolute Gasteiger partial charge is 0.413 e. The van der Waals surface area contributed by atoms with Crippen LogP contribution in [0, 0.1) is 0 Å². The summed E-state index contributed by atoms with van der Waals surface area (Å²) in [5.41, 5.74) is 3.39. The third-order valence-electron chi connectivity index (χ3n) is 2.67. The predicted octanol–water partition coefficient (Wildman–Crippen LogP) is 2.51. The third kappa shape index (κ3) is 4.11. The molecule has 2 rings (SSSR count). The first-order valence-electron chi connectivity index (χ1n) is 5.96. The van der Waals surface area contributed by atoms with Crippen LogP contribution in [0.1, 0.15) is 16.7 Å². The van der Waals surface area contributed by atoms with Crippen LogP contribution in [0.25, 0.3) is 0 Å². The molecule has 2 aromatic rings. The molecule has 2 radical (unpaired) electrons. The monoisotopic (exact) mass is 256 g/mol. The summed E-state index contributed by atoms with van der Waals surface area (Å²) >= 11 is 0. The average molecular weight is 256 g/mol. The van der Waals surface area contributed by atoms with Crippen LogP contribution in [0.15, 0.2) is 54.6 Å². The molecule has 0 saturated carbocycles. The number of rotatable bonds is 6. The summed E-state index contributed by atoms with van der Waals surface area (Å²) < 4.78 is 5.66. The Morgan fingerprint density at radius 2 is 1.50 bits per heavy atom. The summed E-state index contributed by atoms with van der Waals surface area (Å²) in [6, 6.07) is 19.2. The SMILES string of the molecule is OCc1ccc(CO[Si]Cc2ccccc2)cc1. The fraction of sp³-hybridized carbons (Fsp3) is 0.200. The van der Waals surface area contributed by atoms with Crippen molar-refractivity contribution in [2.75, 3.05) is 0 Å². The fourth-order valence-corrected chi connectivity index (χ4v) is 2.38. The van der Waals surface area contributed by atoms with Gasteiger partial charge in [0.15, 0.2) is 0 Å². The molecular weight excluding hydrogens is 240 g/mol. The van der Waals surface area contributed by atoms with Crippen molar-refractivity contribution >= 4 is 9.76 Å². The first-order chi connectivity index (χ1) is 8.88. The van der Waals surface area contributed by atoms with Crippen molar-refractivity contribution in [3.63, 3.8) is 0 Å². The predicted molar refractivity (Wildman–Crippen MR) is 73.1 cm³/mol. The van der Waals surface area contributed by atoms with Gasteiger partial charge in [0, 0.05) is 0 Å². The van der Waals surface area contributed by atoms with E-state index in [0.717, 1.165) is 17.2 Å². The molecule has 92 valence electrons. The van der Waals surface area contributed by atoms with E-state index in [0.29, 0.717) is 16.4 Å². The Bertz CT molecular complexity index is 454. The lowest BCUT2D eigenvalue weighted by Crippen LogP contribution is -2.03. The minimum atomic E-state index is 0.0941. The second-order valence-electron chi connectivity index (χ2n) is 4.07. The summed E-state index contributed by atoms with van der Waals surface area (Å²) in [7, 11) is 0.483. The van der Waals surface area contributed by atoms with E-state index >= 15 is 0 Å². The van der Waals surface area contributed by atoms with Crippen molar-refractivity contribution in [2.24, 2.45) is 0 Å². The van der Waals surface area contributed by atoms with Crippen LogP contribution >= 0.6 is 0 Å². The number of aliphatic hydroxyl groups is 1. The highest BCUT2D eigenvalue weighted by Gasteiger charge is 1.97. The Kier molecular flexibility index (Phi) is 5.14. The van der Waals surface area contributed by atoms with E-state index in [1.165, 1.54) is 5.56 Å². The van der Waals surface area contributed by atoms with Gasteiger partial charge in [0.25, 0.3) is 0 Å². The van der Waals surface area contributed by atoms with Gasteiger partial charge in [-0.05, 0) is 22.7 Å². The van der Waals surface area contributed by atoms with E-state index in [-0.39, 0.29) is 6.61 Å². The maximum absolute atomic E-state index is 8.94. The van der Waals surface area contributed by atoms with Crippen molar-refractivity contribution in [1.82, 2.24) is 0 Å². The molecular formula is C15H16O2Si. The van der Waals surface area contributed by atoms with Gasteiger partial charge in [-0.3, -0.25) is 0 Å². The normalized spacial score (nSPS) is 10.5. The van der Waals surface area contributed by atoms with E-state index in [9.17, 15) is 0 Å². The lowest BCUT2D eigenvalue weighted by Gasteiger charge is -2.04. The molecule has 1 N–H and O–H groups in total. The van der Waals surface area contributed by atoms with Crippen LogP contribution in [-0.4, -0.2) is 14.9 Å². The number of hydrogen-bond acceptors (Lipinski definition) is 2. The quantitative estimate of drug-likeness (QED) is 0.635. The molecule has 0 spiro atoms. The summed E-state index contributed by atoms with van der Waals surface area (Å²) in [5.74, 6) is 0. The van der Waals surface area contributed by atoms with E-state index in [1.54, 1.807) is 0 Å². The Balaban J connectivity index is 1.72. The molecule has 0 unspecified atom stereocenters. The molecule has 2 nitrogen and oxygen atoms in total. The third-order valence-corrected chi connectivity index (χ3v) is 3.57. The van der Waals surface area contributed by atoms with Crippen LogP contribution in [0.5, 0.6) is 0 Å². The Morgan fingerprint density at radius 1 is 0.833 bits per heavy atom. The van der Waals surface area contributed by atoms with Gasteiger partial charge in [0.05, 0.1) is 13.2 Å². The van der Waals surface area contributed by atoms with Crippen molar-refractivity contribution in [3.8, 4) is 0 Å². The number of benzene rings is 2. The maximum atomic E-state index is 8.94. The van der Waals surface area contributed by atoms with Gasteiger partial charge in [-0.2, -0.15) is 0 Å². The highest BCUT2D eigenvalue weighted by Crippen LogP contribution is 2.06. The van der Waals surface area contributed by atoms with Crippen molar-refractivity contribution in [1.29, 1.82) is 0 Å². The van der Waals surface area contributed by atoms with Crippen LogP contribution in [0.3, 0.4) is 0 Å². The zero-order chi connectivity index (χ0) is 12.6. The van der Waals surface area contributed by atoms with Crippen molar-refractivity contribution < 1.29 is 9.53 Å². The molecule has 2 aromatic carbocycles. The average Bonchev–Trinajstić information content (AvgIpc) is 2.45. The fourth-order valence-electron chi connectivity index (χ4n) is 1.61. The van der Waals surface area contributed by atoms with Crippen LogP contribution in [-0.2, 0) is 23.7 Å². The molecule has 3 heteroatoms. The standard InChI is InChI=1S/C15H16O2Si/c16-10-13-6-8-14(9-7-13)11-17-18-12-15-4-2-1-3-5-15/h1-9,16H,10-12H2. The topological polar surface area (TPSA) is 29.5 Å². The van der Waals surface area contributed by atoms with Gasteiger partial charge in [0.2, 0.25) is 9.76 Å². The summed E-state index contributed by atoms with van der Waals surface area (Å²) in [5, 5.41) is 8.94. The summed E-state index contributed by atoms with van der Waals surface area (Å²) in [4.78, 5) is 0. The molecule has 0 aliphatic carbocycles. The van der Waals surface area contributed by atoms with E-state index in [2.05, 4.69) is 12.1 Å². The van der Waals surface area contributed by atoms with Gasteiger partial charge in [-0.25, -0.2) is 0 Å². The lowest BCUT2D eigenvalue weighted by atomic mass is 10.1. The van der Waals surface area contributed by atoms with Gasteiger partial charge in [-0.15, -0.1) is 0 Å². The zero-order valence-corrected chi connectivity index (χ0v) is 11.2. The molecule has 0 saturated heterocycles. The maximum Gasteiger partial charge on any atom is 0.234 e. The summed E-state index contributed by atoms with van der Waals surface area (Å²) in [6.07, 6.45) is 0. The minimum absolute atomic E-state index is 0.0941. The first-order valence-corrected chi connectivity index (χ1v) is 7.07. The molecule has 0 aromatic heterocycles. The Hall–Kier alpha value is -1.42. The number of hydrogen-bond donors (Lipinski definition) is 1. The first kappa shape index (κ1) is 13.0. The van der Waals surface area contributed by atoms with Crippen molar-refractivity contribution in [3.05, 3.63) is 71.3 Å². The highest BCUT2D eigenvalue weighted by molar-refractivity contribution is 6.26. The molecule has 0 aliphatic heterocycles. The molecule has 0 heterocycles. The summed E-state index contributed by atoms with van der Waals surface area (Å²) in [6.45, 7) is 0.730. The highest BCUT2D eigenvalue weighted by atomic mass is 28.2. The Labute approximate surface area is 110 Å². The van der Waals surface area contributed by atoms with Gasteiger partial charge < -0.3 is 9.53 Å². The van der Waals surface area contributed by atoms with Crippen molar-refractivity contribution in [2.45, 2.75) is 19.3 Å². The molecule has 0 aliphatic rings.